The van der Waals surface area contributed by atoms with E-state index in [-0.39, 0.29) is 5.92 Å². The van der Waals surface area contributed by atoms with E-state index in [9.17, 15) is 8.78 Å². The minimum absolute atomic E-state index is 0.0532. The van der Waals surface area contributed by atoms with E-state index in [1.807, 2.05) is 20.1 Å². The van der Waals surface area contributed by atoms with Gasteiger partial charge in [-0.25, -0.2) is 8.78 Å². The summed E-state index contributed by atoms with van der Waals surface area (Å²) < 4.78 is 24.2. The van der Waals surface area contributed by atoms with Crippen molar-refractivity contribution < 1.29 is 8.78 Å². The second-order valence-electron chi connectivity index (χ2n) is 2.31. The molecule has 0 aliphatic rings. The van der Waals surface area contributed by atoms with Gasteiger partial charge in [0, 0.05) is 0 Å². The second-order valence-corrected chi connectivity index (χ2v) is 4.95. The van der Waals surface area contributed by atoms with Gasteiger partial charge in [0.05, 0.1) is 5.25 Å². The maximum atomic E-state index is 12.1. The molecule has 0 N–H and O–H groups in total. The number of alkyl halides is 2. The van der Waals surface area contributed by atoms with E-state index in [0.717, 1.165) is 0 Å². The summed E-state index contributed by atoms with van der Waals surface area (Å²) in [4.78, 5) is 0. The minimum atomic E-state index is -2.20. The third kappa shape index (κ3) is 3.66. The van der Waals surface area contributed by atoms with Crippen LogP contribution in [0.4, 0.5) is 8.78 Å². The molecule has 0 heterocycles. The van der Waals surface area contributed by atoms with E-state index >= 15 is 0 Å². The summed E-state index contributed by atoms with van der Waals surface area (Å²) >= 11 is 0. The van der Waals surface area contributed by atoms with Gasteiger partial charge < -0.3 is 0 Å². The number of halogens is 2. The third-order valence-electron chi connectivity index (χ3n) is 1.11. The largest absolute Gasteiger partial charge is 0.251 e. The summed E-state index contributed by atoms with van der Waals surface area (Å²) in [5.74, 6) is 0.0532. The molecule has 0 aliphatic carbocycles. The van der Waals surface area contributed by atoms with Crippen molar-refractivity contribution in [2.75, 3.05) is 6.26 Å². The molecule has 0 aromatic rings. The van der Waals surface area contributed by atoms with Crippen LogP contribution in [0.1, 0.15) is 13.8 Å². The smallest absolute Gasteiger partial charge is 0.209 e. The molecule has 1 atom stereocenters. The van der Waals surface area contributed by atoms with Gasteiger partial charge in [0.15, 0.2) is 0 Å². The molecule has 0 spiro atoms. The SMILES string of the molecule is CSS[C@@H](C(C)C)C(F)F. The number of hydrogen-bond donors (Lipinski definition) is 0. The van der Waals surface area contributed by atoms with Crippen LogP contribution in [-0.4, -0.2) is 17.9 Å². The van der Waals surface area contributed by atoms with Gasteiger partial charge in [-0.05, 0) is 12.2 Å². The highest BCUT2D eigenvalue weighted by Crippen LogP contribution is 2.32. The summed E-state index contributed by atoms with van der Waals surface area (Å²) in [5, 5.41) is -0.519. The fourth-order valence-electron chi connectivity index (χ4n) is 0.555. The Labute approximate surface area is 68.5 Å². The predicted octanol–water partition coefficient (Wildman–Crippen LogP) is 3.29. The molecule has 10 heavy (non-hydrogen) atoms. The van der Waals surface area contributed by atoms with E-state index in [1.54, 1.807) is 0 Å². The Morgan fingerprint density at radius 2 is 1.70 bits per heavy atom. The van der Waals surface area contributed by atoms with Gasteiger partial charge in [0.1, 0.15) is 0 Å². The van der Waals surface area contributed by atoms with Gasteiger partial charge in [-0.3, -0.25) is 0 Å². The maximum absolute atomic E-state index is 12.1. The van der Waals surface area contributed by atoms with Crippen molar-refractivity contribution in [3.8, 4) is 0 Å². The van der Waals surface area contributed by atoms with Crippen LogP contribution >= 0.6 is 21.6 Å². The molecule has 0 aliphatic heterocycles. The zero-order chi connectivity index (χ0) is 8.15. The lowest BCUT2D eigenvalue weighted by molar-refractivity contribution is 0.130. The lowest BCUT2D eigenvalue weighted by Gasteiger charge is -2.17. The standard InChI is InChI=1S/C6H12F2S2/c1-4(2)5(6(7)8)10-9-3/h4-6H,1-3H3/t5-/m0/s1. The molecule has 0 aromatic heterocycles. The first-order valence-electron chi connectivity index (χ1n) is 3.07. The molecule has 62 valence electrons. The van der Waals surface area contributed by atoms with E-state index in [0.29, 0.717) is 0 Å². The second kappa shape index (κ2) is 5.24. The fraction of sp³-hybridized carbons (Fsp3) is 1.00. The van der Waals surface area contributed by atoms with Crippen molar-refractivity contribution in [3.05, 3.63) is 0 Å². The van der Waals surface area contributed by atoms with Crippen molar-refractivity contribution in [2.45, 2.75) is 25.5 Å². The van der Waals surface area contributed by atoms with E-state index in [4.69, 9.17) is 0 Å². The maximum Gasteiger partial charge on any atom is 0.251 e. The van der Waals surface area contributed by atoms with Crippen LogP contribution in [0.2, 0.25) is 0 Å². The Balaban J connectivity index is 3.73. The van der Waals surface area contributed by atoms with Crippen molar-refractivity contribution in [3.63, 3.8) is 0 Å². The van der Waals surface area contributed by atoms with Crippen LogP contribution < -0.4 is 0 Å². The lowest BCUT2D eigenvalue weighted by atomic mass is 10.1. The van der Waals surface area contributed by atoms with Crippen LogP contribution in [0.25, 0.3) is 0 Å². The molecular formula is C6H12F2S2. The Kier molecular flexibility index (Phi) is 5.54. The van der Waals surface area contributed by atoms with E-state index < -0.39 is 11.7 Å². The highest BCUT2D eigenvalue weighted by molar-refractivity contribution is 8.76. The molecule has 0 bridgehead atoms. The minimum Gasteiger partial charge on any atom is -0.209 e. The zero-order valence-corrected chi connectivity index (χ0v) is 7.94. The molecule has 0 saturated carbocycles. The summed E-state index contributed by atoms with van der Waals surface area (Å²) in [6.45, 7) is 3.64. The van der Waals surface area contributed by atoms with Crippen molar-refractivity contribution in [1.29, 1.82) is 0 Å². The van der Waals surface area contributed by atoms with Crippen LogP contribution in [0, 0.1) is 5.92 Å². The number of hydrogen-bond acceptors (Lipinski definition) is 2. The third-order valence-corrected chi connectivity index (χ3v) is 3.52. The number of rotatable bonds is 4. The average molecular weight is 186 g/mol. The first-order valence-corrected chi connectivity index (χ1v) is 5.69. The van der Waals surface area contributed by atoms with Gasteiger partial charge in [-0.2, -0.15) is 0 Å². The quantitative estimate of drug-likeness (QED) is 0.618. The topological polar surface area (TPSA) is 0 Å². The lowest BCUT2D eigenvalue weighted by Crippen LogP contribution is -2.19. The first-order chi connectivity index (χ1) is 4.59. The van der Waals surface area contributed by atoms with Gasteiger partial charge in [0.2, 0.25) is 0 Å². The predicted molar refractivity (Wildman–Crippen MR) is 45.7 cm³/mol. The molecule has 0 nitrogen and oxygen atoms in total. The van der Waals surface area contributed by atoms with Gasteiger partial charge in [0.25, 0.3) is 6.43 Å². The summed E-state index contributed by atoms with van der Waals surface area (Å²) in [6, 6.07) is 0. The van der Waals surface area contributed by atoms with Crippen molar-refractivity contribution in [1.82, 2.24) is 0 Å². The molecule has 0 radical (unpaired) electrons. The van der Waals surface area contributed by atoms with E-state index in [2.05, 4.69) is 0 Å². The molecule has 0 fully saturated rings. The summed E-state index contributed by atoms with van der Waals surface area (Å²) in [6.07, 6.45) is -0.375. The van der Waals surface area contributed by atoms with Crippen LogP contribution in [0.3, 0.4) is 0 Å². The monoisotopic (exact) mass is 186 g/mol. The van der Waals surface area contributed by atoms with Crippen LogP contribution in [-0.2, 0) is 0 Å². The van der Waals surface area contributed by atoms with Gasteiger partial charge in [-0.15, -0.1) is 0 Å². The molecule has 4 heteroatoms. The summed E-state index contributed by atoms with van der Waals surface area (Å²) in [5.41, 5.74) is 0. The van der Waals surface area contributed by atoms with Crippen molar-refractivity contribution >= 4 is 21.6 Å². The highest BCUT2D eigenvalue weighted by atomic mass is 33.1. The molecule has 0 amide bonds. The van der Waals surface area contributed by atoms with Crippen LogP contribution in [0.15, 0.2) is 0 Å². The Bertz CT molecular complexity index is 77.8. The Hall–Kier alpha value is 0.560. The van der Waals surface area contributed by atoms with Crippen molar-refractivity contribution in [2.24, 2.45) is 5.92 Å². The van der Waals surface area contributed by atoms with Gasteiger partial charge in [-0.1, -0.05) is 35.4 Å². The first kappa shape index (κ1) is 10.6. The Morgan fingerprint density at radius 1 is 1.20 bits per heavy atom. The average Bonchev–Trinajstić information content (AvgIpc) is 1.81. The van der Waals surface area contributed by atoms with Crippen LogP contribution in [0.5, 0.6) is 0 Å². The Morgan fingerprint density at radius 3 is 1.80 bits per heavy atom. The normalized spacial score (nSPS) is 14.7. The summed E-state index contributed by atoms with van der Waals surface area (Å²) in [7, 11) is 2.66. The molecule has 0 rings (SSSR count). The molecule has 0 unspecified atom stereocenters. The highest BCUT2D eigenvalue weighted by Gasteiger charge is 2.23. The molecule has 0 saturated heterocycles. The zero-order valence-electron chi connectivity index (χ0n) is 6.30. The molecular weight excluding hydrogens is 174 g/mol. The molecule has 0 aromatic carbocycles. The van der Waals surface area contributed by atoms with E-state index in [1.165, 1.54) is 21.6 Å². The fourth-order valence-corrected chi connectivity index (χ4v) is 2.67. The van der Waals surface area contributed by atoms with Gasteiger partial charge >= 0.3 is 0 Å².